The van der Waals surface area contributed by atoms with Gasteiger partial charge in [0.15, 0.2) is 17.3 Å². The average molecular weight is 369 g/mol. The molecule has 0 amide bonds. The number of aromatic amines is 1. The quantitative estimate of drug-likeness (QED) is 0.735. The Balaban J connectivity index is 2.31. The molecule has 4 rings (SSSR count). The first-order valence-electron chi connectivity index (χ1n) is 8.34. The number of hydrogen-bond acceptors (Lipinski definition) is 6. The number of allylic oxidation sites excluding steroid dienone is 1. The number of benzene rings is 1. The molecule has 1 aromatic carbocycles. The molecule has 27 heavy (non-hydrogen) atoms. The van der Waals surface area contributed by atoms with Gasteiger partial charge in [-0.2, -0.15) is 0 Å². The number of hydrogen-bond donors (Lipinski definition) is 2. The fourth-order valence-electron chi connectivity index (χ4n) is 3.87. The minimum Gasteiger partial charge on any atom is -0.502 e. The number of fused-ring (bicyclic) bond motifs is 3. The van der Waals surface area contributed by atoms with Crippen LogP contribution in [0.3, 0.4) is 0 Å². The van der Waals surface area contributed by atoms with Crippen molar-refractivity contribution in [3.8, 4) is 28.5 Å². The van der Waals surface area contributed by atoms with Gasteiger partial charge in [-0.1, -0.05) is 6.08 Å². The number of rotatable bonds is 4. The van der Waals surface area contributed by atoms with Crippen LogP contribution in [-0.2, 0) is 9.53 Å². The Morgan fingerprint density at radius 1 is 0.963 bits per heavy atom. The molecule has 7 heteroatoms. The number of ether oxygens (including phenoxy) is 4. The van der Waals surface area contributed by atoms with Crippen molar-refractivity contribution in [3.63, 3.8) is 0 Å². The zero-order valence-electron chi connectivity index (χ0n) is 15.4. The first-order chi connectivity index (χ1) is 13.1. The fraction of sp³-hybridized carbons (Fsp3) is 0.250. The van der Waals surface area contributed by atoms with Crippen LogP contribution in [0.4, 0.5) is 0 Å². The molecule has 1 heterocycles. The molecule has 1 aliphatic heterocycles. The molecule has 2 N–H and O–H groups in total. The van der Waals surface area contributed by atoms with Crippen LogP contribution in [0, 0.1) is 0 Å². The van der Waals surface area contributed by atoms with E-state index in [0.29, 0.717) is 28.5 Å². The van der Waals surface area contributed by atoms with Gasteiger partial charge in [0.05, 0.1) is 39.7 Å². The number of ketones is 1. The molecular formula is C20H19NO6. The number of carbonyl (C=O) groups is 1. The predicted octanol–water partition coefficient (Wildman–Crippen LogP) is 2.64. The highest BCUT2D eigenvalue weighted by Gasteiger charge is 2.33. The second-order valence-electron chi connectivity index (χ2n) is 6.12. The summed E-state index contributed by atoms with van der Waals surface area (Å²) >= 11 is 0. The Labute approximate surface area is 155 Å². The predicted molar refractivity (Wildman–Crippen MR) is 100 cm³/mol. The van der Waals surface area contributed by atoms with Crippen LogP contribution in [0.5, 0.6) is 17.2 Å². The number of pyridine rings is 1. The Kier molecular flexibility index (Phi) is 3.87. The largest absolute Gasteiger partial charge is 0.502 e. The lowest BCUT2D eigenvalue weighted by molar-refractivity contribution is -0.116. The SMILES string of the molecule is COC1=C(O)C(=O)CC=c2c1c1[nH]ccc3c(OC)c(OC)c(OC)c2c3-1. The van der Waals surface area contributed by atoms with Crippen molar-refractivity contribution in [2.75, 3.05) is 28.4 Å². The van der Waals surface area contributed by atoms with Gasteiger partial charge in [-0.15, -0.1) is 0 Å². The minimum absolute atomic E-state index is 0.0461. The summed E-state index contributed by atoms with van der Waals surface area (Å²) in [6.07, 6.45) is 3.59. The van der Waals surface area contributed by atoms with Gasteiger partial charge in [0.25, 0.3) is 0 Å². The minimum atomic E-state index is -0.408. The van der Waals surface area contributed by atoms with E-state index in [9.17, 15) is 9.90 Å². The van der Waals surface area contributed by atoms with Crippen LogP contribution in [0.15, 0.2) is 18.0 Å². The smallest absolute Gasteiger partial charge is 0.204 e. The molecule has 0 atom stereocenters. The summed E-state index contributed by atoms with van der Waals surface area (Å²) in [7, 11) is 6.10. The molecule has 0 aromatic heterocycles. The van der Waals surface area contributed by atoms with E-state index in [1.54, 1.807) is 33.6 Å². The Bertz CT molecular complexity index is 1120. The number of nitrogens with one attached hydrogen (secondary N) is 1. The molecule has 0 saturated carbocycles. The number of H-pyrrole nitrogens is 1. The number of aliphatic hydroxyl groups is 1. The standard InChI is InChI=1S/C20H19NO6/c1-24-17-10-7-8-21-15-12(10)13(19(26-3)20(17)27-4)9-5-6-11(22)16(23)18(25-2)14(9)15/h5,7-8,21,23H,6H2,1-4H3. The summed E-state index contributed by atoms with van der Waals surface area (Å²) in [6, 6.07) is 1.89. The van der Waals surface area contributed by atoms with Crippen molar-refractivity contribution in [2.45, 2.75) is 6.42 Å². The number of methoxy groups -OCH3 is 4. The van der Waals surface area contributed by atoms with Gasteiger partial charge in [0.1, 0.15) is 0 Å². The van der Waals surface area contributed by atoms with Crippen LogP contribution in [-0.4, -0.2) is 44.3 Å². The van der Waals surface area contributed by atoms with Gasteiger partial charge in [0.2, 0.25) is 17.3 Å². The third-order valence-electron chi connectivity index (χ3n) is 4.93. The third-order valence-corrected chi connectivity index (χ3v) is 4.93. The van der Waals surface area contributed by atoms with Gasteiger partial charge < -0.3 is 29.0 Å². The maximum Gasteiger partial charge on any atom is 0.204 e. The van der Waals surface area contributed by atoms with Crippen LogP contribution >= 0.6 is 0 Å². The maximum absolute atomic E-state index is 12.2. The van der Waals surface area contributed by atoms with Gasteiger partial charge >= 0.3 is 0 Å². The van der Waals surface area contributed by atoms with Crippen molar-refractivity contribution >= 4 is 28.4 Å². The molecule has 140 valence electrons. The van der Waals surface area contributed by atoms with E-state index in [1.807, 2.05) is 6.07 Å². The second-order valence-corrected chi connectivity index (χ2v) is 6.12. The van der Waals surface area contributed by atoms with Gasteiger partial charge in [-0.05, 0) is 11.3 Å². The van der Waals surface area contributed by atoms with Crippen molar-refractivity contribution in [3.05, 3.63) is 28.8 Å². The Morgan fingerprint density at radius 2 is 1.67 bits per heavy atom. The summed E-state index contributed by atoms with van der Waals surface area (Å²) in [5, 5.41) is 12.7. The zero-order valence-corrected chi connectivity index (χ0v) is 15.4. The highest BCUT2D eigenvalue weighted by Crippen LogP contribution is 2.52. The number of aromatic nitrogens is 1. The maximum atomic E-state index is 12.2. The first kappa shape index (κ1) is 17.1. The lowest BCUT2D eigenvalue weighted by atomic mass is 10.0. The molecule has 0 bridgehead atoms. The number of Topliss-reactive ketones (excluding diaryl/α,β-unsaturated/α-hetero) is 1. The monoisotopic (exact) mass is 369 g/mol. The van der Waals surface area contributed by atoms with E-state index in [1.165, 1.54) is 7.11 Å². The molecule has 3 aliphatic rings. The Morgan fingerprint density at radius 3 is 2.30 bits per heavy atom. The molecule has 0 fully saturated rings. The highest BCUT2D eigenvalue weighted by molar-refractivity contribution is 6.13. The zero-order chi connectivity index (χ0) is 19.3. The summed E-state index contributed by atoms with van der Waals surface area (Å²) < 4.78 is 22.3. The summed E-state index contributed by atoms with van der Waals surface area (Å²) in [5.74, 6) is 0.829. The number of carbonyl (C=O) groups excluding carboxylic acids is 1. The lowest BCUT2D eigenvalue weighted by Gasteiger charge is -2.18. The molecular weight excluding hydrogens is 350 g/mol. The normalized spacial score (nSPS) is 14.1. The van der Waals surface area contributed by atoms with Gasteiger partial charge in [-0.25, -0.2) is 0 Å². The fourth-order valence-corrected chi connectivity index (χ4v) is 3.87. The summed E-state index contributed by atoms with van der Waals surface area (Å²) in [6.45, 7) is 0. The van der Waals surface area contributed by atoms with Gasteiger partial charge in [0, 0.05) is 29.0 Å². The van der Waals surface area contributed by atoms with E-state index in [4.69, 9.17) is 18.9 Å². The summed E-state index contributed by atoms with van der Waals surface area (Å²) in [4.78, 5) is 15.4. The molecule has 0 radical (unpaired) electrons. The highest BCUT2D eigenvalue weighted by atomic mass is 16.5. The van der Waals surface area contributed by atoms with Crippen LogP contribution in [0.2, 0.25) is 0 Å². The topological polar surface area (TPSA) is 90.0 Å². The molecule has 1 aromatic rings. The number of aliphatic hydroxyl groups excluding tert-OH is 1. The van der Waals surface area contributed by atoms with Crippen molar-refractivity contribution < 1.29 is 28.8 Å². The van der Waals surface area contributed by atoms with E-state index in [-0.39, 0.29) is 12.2 Å². The third kappa shape index (κ3) is 2.11. The van der Waals surface area contributed by atoms with Crippen molar-refractivity contribution in [1.29, 1.82) is 0 Å². The van der Waals surface area contributed by atoms with E-state index in [2.05, 4.69) is 4.98 Å². The lowest BCUT2D eigenvalue weighted by Crippen LogP contribution is -2.07. The second kappa shape index (κ2) is 6.12. The average Bonchev–Trinajstić information content (AvgIpc) is 2.95. The van der Waals surface area contributed by atoms with E-state index >= 15 is 0 Å². The molecule has 2 aliphatic carbocycles. The van der Waals surface area contributed by atoms with Crippen molar-refractivity contribution in [1.82, 2.24) is 4.98 Å². The first-order valence-corrected chi connectivity index (χ1v) is 8.34. The van der Waals surface area contributed by atoms with E-state index < -0.39 is 11.5 Å². The van der Waals surface area contributed by atoms with E-state index in [0.717, 1.165) is 21.6 Å². The molecule has 7 nitrogen and oxygen atoms in total. The van der Waals surface area contributed by atoms with Crippen LogP contribution < -0.4 is 19.4 Å². The molecule has 0 saturated heterocycles. The van der Waals surface area contributed by atoms with Gasteiger partial charge in [-0.3, -0.25) is 4.79 Å². The van der Waals surface area contributed by atoms with Crippen molar-refractivity contribution in [2.24, 2.45) is 0 Å². The van der Waals surface area contributed by atoms with Crippen LogP contribution in [0.25, 0.3) is 33.9 Å². The molecule has 0 spiro atoms. The summed E-state index contributed by atoms with van der Waals surface area (Å²) in [5.41, 5.74) is 2.17. The van der Waals surface area contributed by atoms with Crippen LogP contribution in [0.1, 0.15) is 12.0 Å². The Hall–Kier alpha value is -3.35. The molecule has 0 unspecified atom stereocenters.